The maximum atomic E-state index is 4.41. The predicted molar refractivity (Wildman–Crippen MR) is 94.4 cm³/mol. The van der Waals surface area contributed by atoms with Gasteiger partial charge in [-0.15, -0.1) is 0 Å². The van der Waals surface area contributed by atoms with Crippen molar-refractivity contribution in [2.24, 2.45) is 0 Å². The zero-order valence-electron chi connectivity index (χ0n) is 14.0. The number of aryl methyl sites for hydroxylation is 2. The van der Waals surface area contributed by atoms with E-state index in [-0.39, 0.29) is 0 Å². The second kappa shape index (κ2) is 6.30. The van der Waals surface area contributed by atoms with E-state index in [2.05, 4.69) is 40.5 Å². The van der Waals surface area contributed by atoms with E-state index >= 15 is 0 Å². The second-order valence-corrected chi connectivity index (χ2v) is 5.52. The predicted octanol–water partition coefficient (Wildman–Crippen LogP) is 1.14. The van der Waals surface area contributed by atoms with Crippen LogP contribution in [0.5, 0.6) is 0 Å². The van der Waals surface area contributed by atoms with E-state index in [9.17, 15) is 0 Å². The minimum absolute atomic E-state index is 0.737. The van der Waals surface area contributed by atoms with Gasteiger partial charge in [0.1, 0.15) is 23.7 Å². The molecular formula is C15H18N10. The van der Waals surface area contributed by atoms with E-state index in [1.807, 2.05) is 23.2 Å². The number of rotatable bonds is 6. The summed E-state index contributed by atoms with van der Waals surface area (Å²) in [5, 5.41) is 6.07. The molecule has 0 fully saturated rings. The number of nitrogens with zero attached hydrogens (tertiary/aromatic N) is 8. The Labute approximate surface area is 143 Å². The molecule has 4 heterocycles. The van der Waals surface area contributed by atoms with Gasteiger partial charge in [-0.1, -0.05) is 0 Å². The molecule has 10 nitrogen and oxygen atoms in total. The van der Waals surface area contributed by atoms with E-state index in [0.29, 0.717) is 0 Å². The highest BCUT2D eigenvalue weighted by Gasteiger charge is 2.10. The van der Waals surface area contributed by atoms with Crippen molar-refractivity contribution in [3.63, 3.8) is 0 Å². The number of nitrogens with one attached hydrogen (secondary N) is 2. The highest BCUT2D eigenvalue weighted by molar-refractivity contribution is 5.83. The molecule has 0 saturated heterocycles. The maximum absolute atomic E-state index is 4.41. The molecule has 2 N–H and O–H groups in total. The second-order valence-electron chi connectivity index (χ2n) is 5.52. The van der Waals surface area contributed by atoms with Crippen molar-refractivity contribution < 1.29 is 0 Å². The van der Waals surface area contributed by atoms with E-state index in [1.165, 1.54) is 0 Å². The first kappa shape index (κ1) is 15.2. The quantitative estimate of drug-likeness (QED) is 0.538. The van der Waals surface area contributed by atoms with Crippen LogP contribution in [0.1, 0.15) is 6.42 Å². The van der Waals surface area contributed by atoms with Gasteiger partial charge in [-0.25, -0.2) is 29.9 Å². The molecule has 4 rings (SSSR count). The van der Waals surface area contributed by atoms with Crippen LogP contribution in [0.4, 0.5) is 11.6 Å². The van der Waals surface area contributed by atoms with E-state index < -0.39 is 0 Å². The molecule has 0 bridgehead atoms. The molecule has 0 atom stereocenters. The van der Waals surface area contributed by atoms with Gasteiger partial charge in [0, 0.05) is 27.2 Å². The van der Waals surface area contributed by atoms with Gasteiger partial charge in [-0.2, -0.15) is 0 Å². The molecule has 4 aromatic heterocycles. The van der Waals surface area contributed by atoms with Crippen molar-refractivity contribution in [2.45, 2.75) is 19.5 Å². The fourth-order valence-corrected chi connectivity index (χ4v) is 2.87. The molecular weight excluding hydrogens is 320 g/mol. The van der Waals surface area contributed by atoms with E-state index in [4.69, 9.17) is 0 Å². The molecule has 0 amide bonds. The normalized spacial score (nSPS) is 11.3. The molecule has 0 aliphatic rings. The van der Waals surface area contributed by atoms with Gasteiger partial charge >= 0.3 is 0 Å². The van der Waals surface area contributed by atoms with Crippen LogP contribution in [0, 0.1) is 0 Å². The van der Waals surface area contributed by atoms with E-state index in [1.54, 1.807) is 25.3 Å². The van der Waals surface area contributed by atoms with Crippen molar-refractivity contribution in [3.8, 4) is 0 Å². The van der Waals surface area contributed by atoms with Gasteiger partial charge in [0.05, 0.1) is 12.7 Å². The molecule has 4 aromatic rings. The molecule has 25 heavy (non-hydrogen) atoms. The fourth-order valence-electron chi connectivity index (χ4n) is 2.87. The summed E-state index contributed by atoms with van der Waals surface area (Å²) >= 11 is 0. The van der Waals surface area contributed by atoms with Crippen LogP contribution in [0.25, 0.3) is 22.3 Å². The lowest BCUT2D eigenvalue weighted by atomic mass is 10.4. The van der Waals surface area contributed by atoms with Crippen molar-refractivity contribution in [1.29, 1.82) is 0 Å². The summed E-state index contributed by atoms with van der Waals surface area (Å²) in [5.74, 6) is 1.47. The SMILES string of the molecule is CNc1ncnc2c1ncn2CCCn1cnc2c(NC)ncnc21. The third-order valence-corrected chi connectivity index (χ3v) is 4.07. The van der Waals surface area contributed by atoms with Crippen LogP contribution < -0.4 is 10.6 Å². The Morgan fingerprint density at radius 3 is 1.64 bits per heavy atom. The summed E-state index contributed by atoms with van der Waals surface area (Å²) in [6.45, 7) is 1.58. The summed E-state index contributed by atoms with van der Waals surface area (Å²) in [4.78, 5) is 25.8. The monoisotopic (exact) mass is 338 g/mol. The molecule has 0 aliphatic carbocycles. The Balaban J connectivity index is 1.52. The number of anilines is 2. The standard InChI is InChI=1S/C15H18N10/c1-16-12-10-14(20-6-18-12)24(8-22-10)4-3-5-25-9-23-11-13(17-2)19-7-21-15(11)25/h6-9H,3-5H2,1-2H3,(H,16,18,20)(H,17,19,21). The average molecular weight is 338 g/mol. The smallest absolute Gasteiger partial charge is 0.165 e. The van der Waals surface area contributed by atoms with Gasteiger partial charge in [0.15, 0.2) is 22.9 Å². The number of hydrogen-bond acceptors (Lipinski definition) is 8. The van der Waals surface area contributed by atoms with Crippen molar-refractivity contribution in [2.75, 3.05) is 24.7 Å². The average Bonchev–Trinajstić information content (AvgIpc) is 3.26. The summed E-state index contributed by atoms with van der Waals surface area (Å²) < 4.78 is 4.07. The summed E-state index contributed by atoms with van der Waals surface area (Å²) in [6.07, 6.45) is 7.59. The van der Waals surface area contributed by atoms with Crippen LogP contribution in [0.2, 0.25) is 0 Å². The van der Waals surface area contributed by atoms with Gasteiger partial charge in [-0.05, 0) is 6.42 Å². The third kappa shape index (κ3) is 2.61. The van der Waals surface area contributed by atoms with Gasteiger partial charge in [-0.3, -0.25) is 0 Å². The number of hydrogen-bond donors (Lipinski definition) is 2. The summed E-state index contributed by atoms with van der Waals surface area (Å²) in [6, 6.07) is 0. The summed E-state index contributed by atoms with van der Waals surface area (Å²) in [7, 11) is 3.65. The highest BCUT2D eigenvalue weighted by atomic mass is 15.2. The Morgan fingerprint density at radius 1 is 0.720 bits per heavy atom. The van der Waals surface area contributed by atoms with Gasteiger partial charge in [0.2, 0.25) is 0 Å². The lowest BCUT2D eigenvalue weighted by Crippen LogP contribution is -2.04. The van der Waals surface area contributed by atoms with E-state index in [0.717, 1.165) is 53.5 Å². The molecule has 0 aromatic carbocycles. The minimum atomic E-state index is 0.737. The van der Waals surface area contributed by atoms with Crippen molar-refractivity contribution in [1.82, 2.24) is 39.0 Å². The molecule has 0 saturated carbocycles. The Morgan fingerprint density at radius 2 is 1.20 bits per heavy atom. The largest absolute Gasteiger partial charge is 0.371 e. The Hall–Kier alpha value is -3.30. The first-order valence-electron chi connectivity index (χ1n) is 7.99. The zero-order valence-corrected chi connectivity index (χ0v) is 14.0. The first-order chi connectivity index (χ1) is 12.3. The van der Waals surface area contributed by atoms with Crippen LogP contribution in [-0.4, -0.2) is 53.1 Å². The number of fused-ring (bicyclic) bond motifs is 2. The molecule has 0 radical (unpaired) electrons. The van der Waals surface area contributed by atoms with Crippen LogP contribution in [0.3, 0.4) is 0 Å². The first-order valence-corrected chi connectivity index (χ1v) is 7.99. The fraction of sp³-hybridized carbons (Fsp3) is 0.333. The van der Waals surface area contributed by atoms with Crippen molar-refractivity contribution >= 4 is 34.0 Å². The molecule has 0 spiro atoms. The minimum Gasteiger partial charge on any atom is -0.371 e. The molecule has 0 aliphatic heterocycles. The molecule has 0 unspecified atom stereocenters. The van der Waals surface area contributed by atoms with Crippen LogP contribution in [0.15, 0.2) is 25.3 Å². The lowest BCUT2D eigenvalue weighted by Gasteiger charge is -2.06. The third-order valence-electron chi connectivity index (χ3n) is 4.07. The topological polar surface area (TPSA) is 111 Å². The Bertz CT molecular complexity index is 936. The Kier molecular flexibility index (Phi) is 3.84. The van der Waals surface area contributed by atoms with Crippen LogP contribution >= 0.6 is 0 Å². The highest BCUT2D eigenvalue weighted by Crippen LogP contribution is 2.18. The zero-order chi connectivity index (χ0) is 17.2. The lowest BCUT2D eigenvalue weighted by molar-refractivity contribution is 0.575. The number of aromatic nitrogens is 8. The molecule has 128 valence electrons. The summed E-state index contributed by atoms with van der Waals surface area (Å²) in [5.41, 5.74) is 3.22. The molecule has 10 heteroatoms. The van der Waals surface area contributed by atoms with Gasteiger partial charge < -0.3 is 19.8 Å². The van der Waals surface area contributed by atoms with Gasteiger partial charge in [0.25, 0.3) is 0 Å². The van der Waals surface area contributed by atoms with Crippen LogP contribution in [-0.2, 0) is 13.1 Å². The van der Waals surface area contributed by atoms with Crippen molar-refractivity contribution in [3.05, 3.63) is 25.3 Å². The maximum Gasteiger partial charge on any atom is 0.165 e. The number of imidazole rings is 2.